The normalized spacial score (nSPS) is 18.1. The second-order valence-corrected chi connectivity index (χ2v) is 9.45. The SMILES string of the molecule is CN(C)c1nc(N[C@H]2CC[C@@H](CNC(=O)c3ccc(OC(F)(F)F)c(Cl)c3)CC2)nc2ccccc12. The van der Waals surface area contributed by atoms with Gasteiger partial charge in [0, 0.05) is 37.6 Å². The molecular weight excluding hydrogens is 495 g/mol. The van der Waals surface area contributed by atoms with Gasteiger partial charge in [0.05, 0.1) is 10.5 Å². The lowest BCUT2D eigenvalue weighted by atomic mass is 9.86. The number of amides is 1. The Morgan fingerprint density at radius 1 is 1.11 bits per heavy atom. The van der Waals surface area contributed by atoms with E-state index in [-0.39, 0.29) is 16.6 Å². The highest BCUT2D eigenvalue weighted by atomic mass is 35.5. The summed E-state index contributed by atoms with van der Waals surface area (Å²) in [5, 5.41) is 7.04. The quantitative estimate of drug-likeness (QED) is 0.418. The van der Waals surface area contributed by atoms with Crippen LogP contribution in [0.15, 0.2) is 42.5 Å². The molecule has 0 bridgehead atoms. The predicted molar refractivity (Wildman–Crippen MR) is 134 cm³/mol. The zero-order chi connectivity index (χ0) is 25.9. The van der Waals surface area contributed by atoms with Crippen molar-refractivity contribution in [1.29, 1.82) is 0 Å². The van der Waals surface area contributed by atoms with E-state index < -0.39 is 18.0 Å². The maximum Gasteiger partial charge on any atom is 0.573 e. The highest BCUT2D eigenvalue weighted by molar-refractivity contribution is 6.32. The van der Waals surface area contributed by atoms with Gasteiger partial charge in [-0.05, 0) is 61.9 Å². The minimum Gasteiger partial charge on any atom is -0.404 e. The maximum atomic E-state index is 12.5. The molecule has 0 spiro atoms. The molecule has 1 aromatic heterocycles. The van der Waals surface area contributed by atoms with Gasteiger partial charge in [0.1, 0.15) is 11.6 Å². The van der Waals surface area contributed by atoms with Crippen LogP contribution < -0.4 is 20.3 Å². The number of halogens is 4. The molecule has 0 atom stereocenters. The zero-order valence-electron chi connectivity index (χ0n) is 19.9. The second-order valence-electron chi connectivity index (χ2n) is 9.05. The second kappa shape index (κ2) is 10.8. The van der Waals surface area contributed by atoms with Crippen LogP contribution in [-0.4, -0.2) is 48.9 Å². The molecule has 4 rings (SSSR count). The summed E-state index contributed by atoms with van der Waals surface area (Å²) in [6.45, 7) is 0.473. The molecule has 1 heterocycles. The number of nitrogens with zero attached hydrogens (tertiary/aromatic N) is 3. The zero-order valence-corrected chi connectivity index (χ0v) is 20.7. The monoisotopic (exact) mass is 521 g/mol. The van der Waals surface area contributed by atoms with Crippen molar-refractivity contribution in [3.8, 4) is 5.75 Å². The first kappa shape index (κ1) is 25.8. The summed E-state index contributed by atoms with van der Waals surface area (Å²) in [4.78, 5) is 23.8. The first-order valence-electron chi connectivity index (χ1n) is 11.6. The molecule has 1 aliphatic carbocycles. The van der Waals surface area contributed by atoms with E-state index in [1.807, 2.05) is 43.3 Å². The van der Waals surface area contributed by atoms with Crippen molar-refractivity contribution in [2.75, 3.05) is 30.9 Å². The van der Waals surface area contributed by atoms with Gasteiger partial charge in [-0.15, -0.1) is 13.2 Å². The lowest BCUT2D eigenvalue weighted by Gasteiger charge is -2.29. The molecule has 36 heavy (non-hydrogen) atoms. The molecule has 11 heteroatoms. The summed E-state index contributed by atoms with van der Waals surface area (Å²) < 4.78 is 41.0. The first-order valence-corrected chi connectivity index (χ1v) is 12.0. The fourth-order valence-corrected chi connectivity index (χ4v) is 4.57. The number of benzene rings is 2. The molecule has 0 unspecified atom stereocenters. The van der Waals surface area contributed by atoms with E-state index in [0.29, 0.717) is 18.4 Å². The molecule has 7 nitrogen and oxygen atoms in total. The number of hydrogen-bond donors (Lipinski definition) is 2. The maximum absolute atomic E-state index is 12.5. The topological polar surface area (TPSA) is 79.4 Å². The van der Waals surface area contributed by atoms with Gasteiger partial charge in [0.2, 0.25) is 5.95 Å². The van der Waals surface area contributed by atoms with Crippen LogP contribution >= 0.6 is 11.6 Å². The minimum atomic E-state index is -4.85. The fraction of sp³-hybridized carbons (Fsp3) is 0.400. The van der Waals surface area contributed by atoms with E-state index in [9.17, 15) is 18.0 Å². The van der Waals surface area contributed by atoms with Crippen molar-refractivity contribution >= 4 is 40.2 Å². The average Bonchev–Trinajstić information content (AvgIpc) is 2.83. The summed E-state index contributed by atoms with van der Waals surface area (Å²) >= 11 is 5.85. The summed E-state index contributed by atoms with van der Waals surface area (Å²) in [5.41, 5.74) is 1.06. The van der Waals surface area contributed by atoms with Crippen LogP contribution in [0.5, 0.6) is 5.75 Å². The van der Waals surface area contributed by atoms with E-state index in [1.165, 1.54) is 12.1 Å². The van der Waals surface area contributed by atoms with Gasteiger partial charge >= 0.3 is 6.36 Å². The Bertz CT molecular complexity index is 1230. The summed E-state index contributed by atoms with van der Waals surface area (Å²) in [6.07, 6.45) is -1.22. The van der Waals surface area contributed by atoms with Gasteiger partial charge in [-0.25, -0.2) is 4.98 Å². The number of hydrogen-bond acceptors (Lipinski definition) is 6. The third-order valence-corrected chi connectivity index (χ3v) is 6.45. The highest BCUT2D eigenvalue weighted by Crippen LogP contribution is 2.31. The van der Waals surface area contributed by atoms with Gasteiger partial charge in [-0.2, -0.15) is 4.98 Å². The van der Waals surface area contributed by atoms with Crippen LogP contribution in [0, 0.1) is 5.92 Å². The van der Waals surface area contributed by atoms with Crippen LogP contribution in [0.1, 0.15) is 36.0 Å². The Hall–Kier alpha value is -3.27. The van der Waals surface area contributed by atoms with Crippen LogP contribution in [0.4, 0.5) is 24.9 Å². The summed E-state index contributed by atoms with van der Waals surface area (Å²) in [6, 6.07) is 11.6. The van der Waals surface area contributed by atoms with Gasteiger partial charge in [-0.1, -0.05) is 23.7 Å². The third kappa shape index (κ3) is 6.48. The Morgan fingerprint density at radius 2 is 1.83 bits per heavy atom. The van der Waals surface area contributed by atoms with Crippen molar-refractivity contribution in [3.63, 3.8) is 0 Å². The number of nitrogens with one attached hydrogen (secondary N) is 2. The third-order valence-electron chi connectivity index (χ3n) is 6.16. The number of fused-ring (bicyclic) bond motifs is 1. The number of carbonyl (C=O) groups is 1. The molecule has 1 amide bonds. The van der Waals surface area contributed by atoms with Crippen molar-refractivity contribution in [3.05, 3.63) is 53.1 Å². The van der Waals surface area contributed by atoms with Gasteiger partial charge in [0.25, 0.3) is 5.91 Å². The molecule has 2 aromatic carbocycles. The van der Waals surface area contributed by atoms with Crippen molar-refractivity contribution in [1.82, 2.24) is 15.3 Å². The number of alkyl halides is 3. The molecular formula is C25H27ClF3N5O2. The van der Waals surface area contributed by atoms with Crippen LogP contribution in [0.3, 0.4) is 0 Å². The van der Waals surface area contributed by atoms with Crippen LogP contribution in [0.2, 0.25) is 5.02 Å². The predicted octanol–water partition coefficient (Wildman–Crippen LogP) is 5.65. The Kier molecular flexibility index (Phi) is 7.73. The number of rotatable bonds is 7. The Labute approximate surface area is 212 Å². The largest absolute Gasteiger partial charge is 0.573 e. The summed E-state index contributed by atoms with van der Waals surface area (Å²) in [5.74, 6) is 0.822. The molecule has 0 aliphatic heterocycles. The molecule has 192 valence electrons. The van der Waals surface area contributed by atoms with Crippen LogP contribution in [-0.2, 0) is 0 Å². The molecule has 3 aromatic rings. The molecule has 2 N–H and O–H groups in total. The number of aromatic nitrogens is 2. The molecule has 1 fully saturated rings. The number of para-hydroxylation sites is 1. The summed E-state index contributed by atoms with van der Waals surface area (Å²) in [7, 11) is 3.91. The molecule has 1 saturated carbocycles. The van der Waals surface area contributed by atoms with Gasteiger partial charge in [-0.3, -0.25) is 4.79 Å². The van der Waals surface area contributed by atoms with Gasteiger partial charge in [0.15, 0.2) is 0 Å². The first-order chi connectivity index (χ1) is 17.1. The average molecular weight is 522 g/mol. The molecule has 1 aliphatic rings. The van der Waals surface area contributed by atoms with Crippen molar-refractivity contribution in [2.45, 2.75) is 38.1 Å². The number of carbonyl (C=O) groups excluding carboxylic acids is 1. The van der Waals surface area contributed by atoms with E-state index in [1.54, 1.807) is 0 Å². The van der Waals surface area contributed by atoms with Crippen molar-refractivity contribution < 1.29 is 22.7 Å². The van der Waals surface area contributed by atoms with Gasteiger partial charge < -0.3 is 20.3 Å². The lowest BCUT2D eigenvalue weighted by Crippen LogP contribution is -2.34. The fourth-order valence-electron chi connectivity index (χ4n) is 4.35. The smallest absolute Gasteiger partial charge is 0.404 e. The van der Waals surface area contributed by atoms with Crippen molar-refractivity contribution in [2.24, 2.45) is 5.92 Å². The Balaban J connectivity index is 1.29. The van der Waals surface area contributed by atoms with E-state index in [2.05, 4.69) is 20.4 Å². The van der Waals surface area contributed by atoms with E-state index in [4.69, 9.17) is 16.6 Å². The molecule has 0 saturated heterocycles. The number of ether oxygens (including phenoxy) is 1. The lowest BCUT2D eigenvalue weighted by molar-refractivity contribution is -0.274. The van der Waals surface area contributed by atoms with Crippen LogP contribution in [0.25, 0.3) is 10.9 Å². The van der Waals surface area contributed by atoms with E-state index >= 15 is 0 Å². The Morgan fingerprint density at radius 3 is 2.50 bits per heavy atom. The van der Waals surface area contributed by atoms with E-state index in [0.717, 1.165) is 48.5 Å². The molecule has 0 radical (unpaired) electrons. The minimum absolute atomic E-state index is 0.176. The highest BCUT2D eigenvalue weighted by Gasteiger charge is 2.32. The number of anilines is 2. The standard InChI is InChI=1S/C25H27ClF3N5O2/c1-34(2)22-18-5-3-4-6-20(18)32-24(33-22)31-17-10-7-15(8-11-17)14-30-23(35)16-9-12-21(19(26)13-16)36-25(27,28)29/h3-6,9,12-13,15,17H,7-8,10-11,14H2,1-2H3,(H,30,35)(H,31,32,33)/t15-,17+.